The number of piperazine rings is 1. The fourth-order valence-corrected chi connectivity index (χ4v) is 3.75. The predicted octanol–water partition coefficient (Wildman–Crippen LogP) is 1.87. The number of hydrogen-bond donors (Lipinski definition) is 3. The number of nitrogens with one attached hydrogen (secondary N) is 3. The van der Waals surface area contributed by atoms with Gasteiger partial charge >= 0.3 is 6.03 Å². The quantitative estimate of drug-likeness (QED) is 0.717. The number of rotatable bonds is 5. The van der Waals surface area contributed by atoms with Gasteiger partial charge in [-0.15, -0.1) is 0 Å². The van der Waals surface area contributed by atoms with Gasteiger partial charge in [-0.2, -0.15) is 0 Å². The van der Waals surface area contributed by atoms with Crippen molar-refractivity contribution in [3.8, 4) is 5.75 Å². The summed E-state index contributed by atoms with van der Waals surface area (Å²) in [7, 11) is 1.55. The number of methoxy groups -OCH3 is 1. The van der Waals surface area contributed by atoms with E-state index in [1.165, 1.54) is 11.3 Å². The number of anilines is 1. The van der Waals surface area contributed by atoms with Crippen LogP contribution in [0.5, 0.6) is 5.75 Å². The van der Waals surface area contributed by atoms with Crippen molar-refractivity contribution in [1.29, 1.82) is 0 Å². The number of ether oxygens (including phenoxy) is 1. The molecule has 1 aromatic carbocycles. The molecule has 1 saturated heterocycles. The van der Waals surface area contributed by atoms with Crippen LogP contribution in [-0.2, 0) is 9.59 Å². The molecule has 8 heteroatoms. The maximum Gasteiger partial charge on any atom is 0.318 e. The first kappa shape index (κ1) is 20.0. The topological polar surface area (TPSA) is 99.8 Å². The summed E-state index contributed by atoms with van der Waals surface area (Å²) in [6.07, 6.45) is 5.25. The van der Waals surface area contributed by atoms with Crippen molar-refractivity contribution in [2.24, 2.45) is 0 Å². The van der Waals surface area contributed by atoms with Crippen molar-refractivity contribution in [3.05, 3.63) is 24.3 Å². The number of amides is 4. The van der Waals surface area contributed by atoms with Gasteiger partial charge in [-0.25, -0.2) is 4.79 Å². The third-order valence-electron chi connectivity index (χ3n) is 5.26. The summed E-state index contributed by atoms with van der Waals surface area (Å²) in [4.78, 5) is 39.1. The summed E-state index contributed by atoms with van der Waals surface area (Å²) in [6, 6.07) is 6.07. The molecule has 1 aliphatic carbocycles. The van der Waals surface area contributed by atoms with Crippen LogP contribution >= 0.6 is 0 Å². The maximum atomic E-state index is 12.7. The standard InChI is InChI=1S/C20H28N4O4/c1-28-16-9-5-8-15(12-16)22-18(25)13-17-19(26)21-10-11-24(17)20(27)23-14-6-3-2-4-7-14/h5,8-9,12,14,17H,2-4,6-7,10-11,13H2,1H3,(H,21,26)(H,22,25)(H,23,27). The molecule has 2 aliphatic rings. The monoisotopic (exact) mass is 388 g/mol. The van der Waals surface area contributed by atoms with Gasteiger partial charge in [0.1, 0.15) is 11.8 Å². The Morgan fingerprint density at radius 2 is 2.04 bits per heavy atom. The lowest BCUT2D eigenvalue weighted by Gasteiger charge is -2.36. The van der Waals surface area contributed by atoms with Crippen LogP contribution in [0, 0.1) is 0 Å². The highest BCUT2D eigenvalue weighted by molar-refractivity contribution is 5.97. The van der Waals surface area contributed by atoms with Gasteiger partial charge in [0.2, 0.25) is 11.8 Å². The molecule has 1 aromatic rings. The van der Waals surface area contributed by atoms with Gasteiger partial charge in [0.15, 0.2) is 0 Å². The summed E-state index contributed by atoms with van der Waals surface area (Å²) in [5, 5.41) is 8.55. The van der Waals surface area contributed by atoms with Crippen LogP contribution in [0.25, 0.3) is 0 Å². The minimum atomic E-state index is -0.817. The van der Waals surface area contributed by atoms with Crippen molar-refractivity contribution in [3.63, 3.8) is 0 Å². The molecule has 28 heavy (non-hydrogen) atoms. The molecule has 0 spiro atoms. The fourth-order valence-electron chi connectivity index (χ4n) is 3.75. The van der Waals surface area contributed by atoms with Gasteiger partial charge in [0, 0.05) is 30.9 Å². The highest BCUT2D eigenvalue weighted by Gasteiger charge is 2.35. The first-order valence-electron chi connectivity index (χ1n) is 9.85. The smallest absolute Gasteiger partial charge is 0.318 e. The van der Waals surface area contributed by atoms with E-state index in [1.54, 1.807) is 31.4 Å². The second kappa shape index (κ2) is 9.43. The summed E-state index contributed by atoms with van der Waals surface area (Å²) >= 11 is 0. The van der Waals surface area contributed by atoms with Gasteiger partial charge in [-0.3, -0.25) is 9.59 Å². The first-order valence-corrected chi connectivity index (χ1v) is 9.85. The molecule has 4 amide bonds. The van der Waals surface area contributed by atoms with Gasteiger partial charge < -0.3 is 25.6 Å². The molecular weight excluding hydrogens is 360 g/mol. The van der Waals surface area contributed by atoms with Gasteiger partial charge in [0.25, 0.3) is 0 Å². The molecule has 1 heterocycles. The predicted molar refractivity (Wildman–Crippen MR) is 105 cm³/mol. The highest BCUT2D eigenvalue weighted by atomic mass is 16.5. The molecule has 3 N–H and O–H groups in total. The average Bonchev–Trinajstić information content (AvgIpc) is 2.70. The third kappa shape index (κ3) is 5.15. The SMILES string of the molecule is COc1cccc(NC(=O)CC2C(=O)NCCN2C(=O)NC2CCCCC2)c1. The van der Waals surface area contributed by atoms with Crippen molar-refractivity contribution in [2.45, 2.75) is 50.6 Å². The van der Waals surface area contributed by atoms with E-state index in [-0.39, 0.29) is 30.3 Å². The molecule has 0 bridgehead atoms. The molecule has 3 rings (SSSR count). The van der Waals surface area contributed by atoms with E-state index in [2.05, 4.69) is 16.0 Å². The molecule has 1 saturated carbocycles. The molecular formula is C20H28N4O4. The lowest BCUT2D eigenvalue weighted by Crippen LogP contribution is -2.61. The lowest BCUT2D eigenvalue weighted by molar-refractivity contribution is -0.131. The van der Waals surface area contributed by atoms with E-state index in [0.717, 1.165) is 25.7 Å². The van der Waals surface area contributed by atoms with Gasteiger partial charge in [-0.1, -0.05) is 25.3 Å². The zero-order chi connectivity index (χ0) is 19.9. The number of urea groups is 1. The maximum absolute atomic E-state index is 12.7. The largest absolute Gasteiger partial charge is 0.497 e. The molecule has 1 aliphatic heterocycles. The van der Waals surface area contributed by atoms with Gasteiger partial charge in [0.05, 0.1) is 13.5 Å². The Balaban J connectivity index is 1.61. The summed E-state index contributed by atoms with van der Waals surface area (Å²) in [6.45, 7) is 0.784. The van der Waals surface area contributed by atoms with Crippen molar-refractivity contribution in [1.82, 2.24) is 15.5 Å². The number of carbonyl (C=O) groups is 3. The van der Waals surface area contributed by atoms with Crippen LogP contribution in [0.1, 0.15) is 38.5 Å². The minimum Gasteiger partial charge on any atom is -0.497 e. The van der Waals surface area contributed by atoms with Crippen molar-refractivity contribution < 1.29 is 19.1 Å². The summed E-state index contributed by atoms with van der Waals surface area (Å²) < 4.78 is 5.15. The number of nitrogens with zero attached hydrogens (tertiary/aromatic N) is 1. The Hall–Kier alpha value is -2.77. The number of benzene rings is 1. The zero-order valence-corrected chi connectivity index (χ0v) is 16.2. The van der Waals surface area contributed by atoms with Crippen LogP contribution in [0.4, 0.5) is 10.5 Å². The Labute approximate surface area is 165 Å². The van der Waals surface area contributed by atoms with Crippen molar-refractivity contribution >= 4 is 23.5 Å². The normalized spacial score (nSPS) is 20.2. The molecule has 0 radical (unpaired) electrons. The molecule has 1 unspecified atom stereocenters. The van der Waals surface area contributed by atoms with E-state index >= 15 is 0 Å². The van der Waals surface area contributed by atoms with Crippen LogP contribution in [0.3, 0.4) is 0 Å². The van der Waals surface area contributed by atoms with Crippen LogP contribution in [0.2, 0.25) is 0 Å². The highest BCUT2D eigenvalue weighted by Crippen LogP contribution is 2.20. The molecule has 152 valence electrons. The molecule has 2 fully saturated rings. The Morgan fingerprint density at radius 1 is 1.25 bits per heavy atom. The number of carbonyl (C=O) groups excluding carboxylic acids is 3. The van der Waals surface area contributed by atoms with E-state index in [4.69, 9.17) is 4.74 Å². The first-order chi connectivity index (χ1) is 13.6. The Bertz CT molecular complexity index is 718. The van der Waals surface area contributed by atoms with Crippen molar-refractivity contribution in [2.75, 3.05) is 25.5 Å². The summed E-state index contributed by atoms with van der Waals surface area (Å²) in [5.41, 5.74) is 0.582. The van der Waals surface area contributed by atoms with E-state index in [9.17, 15) is 14.4 Å². The molecule has 0 aromatic heterocycles. The Morgan fingerprint density at radius 3 is 2.79 bits per heavy atom. The summed E-state index contributed by atoms with van der Waals surface area (Å²) in [5.74, 6) is -0.00157. The lowest BCUT2D eigenvalue weighted by atomic mass is 9.95. The van der Waals surface area contributed by atoms with Crippen LogP contribution < -0.4 is 20.7 Å². The molecule has 1 atom stereocenters. The van der Waals surface area contributed by atoms with Crippen LogP contribution in [0.15, 0.2) is 24.3 Å². The molecule has 8 nitrogen and oxygen atoms in total. The zero-order valence-electron chi connectivity index (χ0n) is 16.2. The van der Waals surface area contributed by atoms with Crippen LogP contribution in [-0.4, -0.2) is 55.0 Å². The van der Waals surface area contributed by atoms with E-state index in [1.807, 2.05) is 0 Å². The minimum absolute atomic E-state index is 0.0961. The second-order valence-electron chi connectivity index (χ2n) is 7.27. The van der Waals surface area contributed by atoms with E-state index < -0.39 is 6.04 Å². The fraction of sp³-hybridized carbons (Fsp3) is 0.550. The average molecular weight is 388 g/mol. The Kier molecular flexibility index (Phi) is 6.73. The second-order valence-corrected chi connectivity index (χ2v) is 7.27. The van der Waals surface area contributed by atoms with E-state index in [0.29, 0.717) is 24.5 Å². The number of hydrogen-bond acceptors (Lipinski definition) is 4. The van der Waals surface area contributed by atoms with Gasteiger partial charge in [-0.05, 0) is 25.0 Å². The third-order valence-corrected chi connectivity index (χ3v) is 5.26.